The van der Waals surface area contributed by atoms with Crippen molar-refractivity contribution in [3.63, 3.8) is 0 Å². The molecule has 6 unspecified atom stereocenters. The number of hydrogen-bond donors (Lipinski definition) is 6. The molecule has 392 valence electrons. The molecule has 2 bridgehead atoms. The van der Waals surface area contributed by atoms with Gasteiger partial charge in [-0.05, 0) is 155 Å². The molecule has 18 heteroatoms. The molecule has 7 aliphatic rings. The van der Waals surface area contributed by atoms with Gasteiger partial charge in [0, 0.05) is 56.1 Å². The second kappa shape index (κ2) is 22.7. The fraction of sp³-hybridized carbons (Fsp3) is 0.940. The van der Waals surface area contributed by atoms with Crippen LogP contribution in [0.5, 0.6) is 0 Å². The van der Waals surface area contributed by atoms with E-state index >= 15 is 0 Å². The number of ether oxygens (including phenoxy) is 2. The lowest BCUT2D eigenvalue weighted by molar-refractivity contribution is -0.193. The first-order valence-electron chi connectivity index (χ1n) is 26.0. The highest BCUT2D eigenvalue weighted by Gasteiger charge is 2.58. The Morgan fingerprint density at radius 2 is 1.63 bits per heavy atom. The number of likely N-dealkylation sites (N-methyl/N-ethyl adjacent to an activating group) is 1. The van der Waals surface area contributed by atoms with Crippen molar-refractivity contribution in [2.45, 2.75) is 186 Å². The summed E-state index contributed by atoms with van der Waals surface area (Å²) in [4.78, 5) is 52.6. The van der Waals surface area contributed by atoms with E-state index in [0.717, 1.165) is 64.2 Å². The third-order valence-electron chi connectivity index (χ3n) is 17.6. The highest BCUT2D eigenvalue weighted by molar-refractivity contribution is 7.88. The van der Waals surface area contributed by atoms with Crippen LogP contribution >= 0.6 is 0 Å². The Morgan fingerprint density at radius 3 is 2.21 bits per heavy atom. The summed E-state index contributed by atoms with van der Waals surface area (Å²) >= 11 is 0. The Kier molecular flexibility index (Phi) is 18.4. The number of aliphatic hydroxyl groups excluding tert-OH is 2. The SMILES string of the molecule is COC1C(CN2O[C@@H](CO)[C@H]([C@H](C)O)[C@H]2C(=O)N[C@H]2C[C@H]3C[C@@H]([C@@H]2C)C3(C)C)CCCC1C1CC(C(=O)N[C@H](CN(C)C)[C@H](NS(=O)(=O)NC(=O)OC(C)(C)C)C2CCCCC2)CC(N(C)C)C1. The van der Waals surface area contributed by atoms with Crippen LogP contribution in [0.25, 0.3) is 0 Å². The third-order valence-corrected chi connectivity index (χ3v) is 18.6. The molecule has 16 atom stereocenters. The van der Waals surface area contributed by atoms with E-state index in [1.165, 1.54) is 6.42 Å². The van der Waals surface area contributed by atoms with Gasteiger partial charge in [0.25, 0.3) is 0 Å². The molecule has 1 saturated heterocycles. The van der Waals surface area contributed by atoms with Crippen LogP contribution in [0, 0.1) is 58.7 Å². The van der Waals surface area contributed by atoms with Crippen molar-refractivity contribution < 1.29 is 47.3 Å². The maximum absolute atomic E-state index is 14.8. The minimum absolute atomic E-state index is 0.0155. The number of hydroxylamine groups is 2. The van der Waals surface area contributed by atoms with Gasteiger partial charge in [-0.25, -0.2) is 9.52 Å². The highest BCUT2D eigenvalue weighted by Crippen LogP contribution is 2.61. The Bertz CT molecular complexity index is 1810. The van der Waals surface area contributed by atoms with E-state index in [1.54, 1.807) is 39.9 Å². The number of rotatable bonds is 18. The molecule has 6 aliphatic carbocycles. The molecule has 0 aromatic carbocycles. The number of hydrogen-bond acceptors (Lipinski definition) is 13. The van der Waals surface area contributed by atoms with Gasteiger partial charge < -0.3 is 40.1 Å². The van der Waals surface area contributed by atoms with Crippen LogP contribution in [0.4, 0.5) is 4.79 Å². The van der Waals surface area contributed by atoms with E-state index in [2.05, 4.69) is 55.1 Å². The zero-order valence-electron chi connectivity index (χ0n) is 43.5. The van der Waals surface area contributed by atoms with Gasteiger partial charge >= 0.3 is 16.3 Å². The van der Waals surface area contributed by atoms with Crippen molar-refractivity contribution in [2.75, 3.05) is 55.0 Å². The zero-order chi connectivity index (χ0) is 50.0. The van der Waals surface area contributed by atoms with E-state index in [1.807, 2.05) is 23.7 Å². The van der Waals surface area contributed by atoms with Crippen molar-refractivity contribution in [1.82, 2.24) is 34.9 Å². The first-order chi connectivity index (χ1) is 31.8. The summed E-state index contributed by atoms with van der Waals surface area (Å²) in [6.07, 6.45) is 8.68. The van der Waals surface area contributed by atoms with Crippen molar-refractivity contribution in [3.05, 3.63) is 0 Å². The molecule has 0 aromatic rings. The Labute approximate surface area is 408 Å². The van der Waals surface area contributed by atoms with Crippen LogP contribution in [0.15, 0.2) is 0 Å². The fourth-order valence-corrected chi connectivity index (χ4v) is 15.0. The van der Waals surface area contributed by atoms with E-state index in [9.17, 15) is 33.0 Å². The standard InChI is InChI=1S/C50H91N7O10S/c1-29-38-24-35(50(38,6)7)25-39(29)51-47(61)44-42(30(2)59)41(28-58)67-57(44)26-32-19-16-20-37(45(32)65-12)33-21-34(23-36(22-33)56(10)11)46(60)52-40(27-55(8)9)43(31-17-14-13-15-18-31)53-68(63,64)54-48(62)66-49(3,4)5/h29-45,53,58-59H,13-28H2,1-12H3,(H,51,61)(H,52,60)(H,54,62)/t29-,30-,32?,33?,34?,35+,36?,37?,38-,39-,40+,41-,42-,43+,44-,45?/m0/s1. The van der Waals surface area contributed by atoms with Crippen LogP contribution in [-0.4, -0.2) is 161 Å². The van der Waals surface area contributed by atoms with Crippen LogP contribution in [0.3, 0.4) is 0 Å². The highest BCUT2D eigenvalue weighted by atomic mass is 32.2. The van der Waals surface area contributed by atoms with E-state index in [-0.39, 0.29) is 71.6 Å². The van der Waals surface area contributed by atoms with Gasteiger partial charge in [0.1, 0.15) is 17.7 Å². The van der Waals surface area contributed by atoms with Gasteiger partial charge in [-0.3, -0.25) is 14.4 Å². The predicted molar refractivity (Wildman–Crippen MR) is 261 cm³/mol. The minimum Gasteiger partial charge on any atom is -0.443 e. The molecular weight excluding hydrogens is 891 g/mol. The average Bonchev–Trinajstić information content (AvgIpc) is 3.63. The van der Waals surface area contributed by atoms with Crippen molar-refractivity contribution >= 4 is 28.1 Å². The van der Waals surface area contributed by atoms with Crippen LogP contribution in [0.1, 0.15) is 132 Å². The summed E-state index contributed by atoms with van der Waals surface area (Å²) in [5, 5.41) is 30.2. The molecule has 0 spiro atoms. The molecule has 6 saturated carbocycles. The number of fused-ring (bicyclic) bond motifs is 2. The van der Waals surface area contributed by atoms with Crippen molar-refractivity contribution in [2.24, 2.45) is 58.7 Å². The molecule has 1 aliphatic heterocycles. The number of nitrogens with zero attached hydrogens (tertiary/aromatic N) is 3. The second-order valence-corrected chi connectivity index (χ2v) is 25.6. The molecule has 1 heterocycles. The zero-order valence-corrected chi connectivity index (χ0v) is 44.4. The Hall–Kier alpha value is -2.16. The maximum atomic E-state index is 14.8. The number of aliphatic hydroxyl groups is 2. The summed E-state index contributed by atoms with van der Waals surface area (Å²) in [6, 6.07) is -1.89. The normalized spacial score (nSPS) is 36.1. The lowest BCUT2D eigenvalue weighted by Gasteiger charge is -2.62. The van der Waals surface area contributed by atoms with Gasteiger partial charge in [0.15, 0.2) is 0 Å². The van der Waals surface area contributed by atoms with E-state index < -0.39 is 58.2 Å². The number of amides is 3. The van der Waals surface area contributed by atoms with Gasteiger partial charge in [-0.2, -0.15) is 18.2 Å². The fourth-order valence-electron chi connectivity index (χ4n) is 14.0. The largest absolute Gasteiger partial charge is 0.443 e. The van der Waals surface area contributed by atoms with Crippen LogP contribution < -0.4 is 20.1 Å². The van der Waals surface area contributed by atoms with Gasteiger partial charge in [-0.1, -0.05) is 46.5 Å². The molecule has 3 amide bonds. The summed E-state index contributed by atoms with van der Waals surface area (Å²) in [7, 11) is 5.32. The van der Waals surface area contributed by atoms with Crippen molar-refractivity contribution in [1.29, 1.82) is 0 Å². The van der Waals surface area contributed by atoms with Crippen LogP contribution in [-0.2, 0) is 34.1 Å². The summed E-state index contributed by atoms with van der Waals surface area (Å²) < 4.78 is 43.9. The number of methoxy groups -OCH3 is 1. The molecule has 17 nitrogen and oxygen atoms in total. The van der Waals surface area contributed by atoms with Gasteiger partial charge in [-0.15, -0.1) is 0 Å². The topological polar surface area (TPSA) is 211 Å². The Morgan fingerprint density at radius 1 is 0.941 bits per heavy atom. The average molecular weight is 982 g/mol. The molecular formula is C50H91N7O10S. The first kappa shape index (κ1) is 55.2. The number of carbonyl (C=O) groups is 3. The van der Waals surface area contributed by atoms with Crippen molar-refractivity contribution in [3.8, 4) is 0 Å². The molecule has 0 aromatic heterocycles. The smallest absolute Gasteiger partial charge is 0.422 e. The number of carbonyl (C=O) groups excluding carboxylic acids is 3. The predicted octanol–water partition coefficient (Wildman–Crippen LogP) is 4.28. The summed E-state index contributed by atoms with van der Waals surface area (Å²) in [6.45, 7) is 14.1. The molecule has 7 rings (SSSR count). The third kappa shape index (κ3) is 13.1. The quantitative estimate of drug-likeness (QED) is 0.114. The molecule has 6 N–H and O–H groups in total. The minimum atomic E-state index is -4.37. The van der Waals surface area contributed by atoms with Crippen LogP contribution in [0.2, 0.25) is 0 Å². The first-order valence-corrected chi connectivity index (χ1v) is 27.5. The second-order valence-electron chi connectivity index (χ2n) is 24.1. The summed E-state index contributed by atoms with van der Waals surface area (Å²) in [5.74, 6) is 0.386. The molecule has 7 fully saturated rings. The number of nitrogens with one attached hydrogen (secondary N) is 4. The maximum Gasteiger partial charge on any atom is 0.422 e. The molecule has 0 radical (unpaired) electrons. The van der Waals surface area contributed by atoms with E-state index in [0.29, 0.717) is 43.7 Å². The lowest BCUT2D eigenvalue weighted by Crippen LogP contribution is -2.62. The monoisotopic (exact) mass is 982 g/mol. The van der Waals surface area contributed by atoms with E-state index in [4.69, 9.17) is 14.3 Å². The van der Waals surface area contributed by atoms with Gasteiger partial charge in [0.2, 0.25) is 11.8 Å². The summed E-state index contributed by atoms with van der Waals surface area (Å²) in [5.41, 5.74) is -0.623. The lowest BCUT2D eigenvalue weighted by atomic mass is 9.45. The Balaban J connectivity index is 1.19. The van der Waals surface area contributed by atoms with Gasteiger partial charge in [0.05, 0.1) is 24.9 Å². The molecule has 68 heavy (non-hydrogen) atoms.